The predicted octanol–water partition coefficient (Wildman–Crippen LogP) is 3.31. The molecular weight excluding hydrogens is 457 g/mol. The van der Waals surface area contributed by atoms with Gasteiger partial charge in [0.1, 0.15) is 22.5 Å². The molecule has 1 aromatic rings. The Balaban J connectivity index is 1.29. The molecule has 3 fully saturated rings. The SMILES string of the molecule is CC1CCC(N(CCc2ccc(C(C)O)c(F)c2)C(=O)NC2=NC=C3SC4(C(=O)C4O)C32)CC1. The third-order valence-corrected chi connectivity index (χ3v) is 9.21. The van der Waals surface area contributed by atoms with Crippen LogP contribution in [-0.4, -0.2) is 56.2 Å². The first-order valence-corrected chi connectivity index (χ1v) is 12.8. The molecule has 2 aliphatic heterocycles. The van der Waals surface area contributed by atoms with Crippen LogP contribution in [0, 0.1) is 17.7 Å². The molecule has 4 aliphatic rings. The van der Waals surface area contributed by atoms with Gasteiger partial charge in [0, 0.05) is 29.3 Å². The number of rotatable bonds is 5. The lowest BCUT2D eigenvalue weighted by atomic mass is 9.86. The molecule has 0 aromatic heterocycles. The molecule has 3 N–H and O–H groups in total. The lowest BCUT2D eigenvalue weighted by molar-refractivity contribution is -0.113. The maximum Gasteiger partial charge on any atom is 0.323 e. The number of benzene rings is 1. The van der Waals surface area contributed by atoms with E-state index >= 15 is 0 Å². The molecule has 2 heterocycles. The average molecular weight is 488 g/mol. The number of nitrogens with one attached hydrogen (secondary N) is 1. The molecule has 0 bridgehead atoms. The smallest absolute Gasteiger partial charge is 0.323 e. The summed E-state index contributed by atoms with van der Waals surface area (Å²) < 4.78 is 13.5. The van der Waals surface area contributed by atoms with Gasteiger partial charge in [0.2, 0.25) is 0 Å². The number of hydrogen-bond donors (Lipinski definition) is 3. The first-order valence-electron chi connectivity index (χ1n) is 12.0. The molecular formula is C25H30FN3O4S. The molecule has 9 heteroatoms. The van der Waals surface area contributed by atoms with Gasteiger partial charge in [0.25, 0.3) is 0 Å². The van der Waals surface area contributed by atoms with Crippen LogP contribution in [0.2, 0.25) is 0 Å². The number of Topliss-reactive ketones (excluding diaryl/α,β-unsaturated/α-hetero) is 1. The number of hydrogen-bond acceptors (Lipinski definition) is 6. The summed E-state index contributed by atoms with van der Waals surface area (Å²) in [6.07, 6.45) is 4.15. The van der Waals surface area contributed by atoms with E-state index in [1.807, 2.05) is 4.90 Å². The van der Waals surface area contributed by atoms with Crippen LogP contribution in [0.4, 0.5) is 9.18 Å². The van der Waals surface area contributed by atoms with Gasteiger partial charge in [0.15, 0.2) is 5.78 Å². The Kier molecular flexibility index (Phi) is 6.06. The van der Waals surface area contributed by atoms with E-state index < -0.39 is 22.8 Å². The number of carbonyl (C=O) groups is 2. The van der Waals surface area contributed by atoms with E-state index in [1.54, 1.807) is 18.3 Å². The van der Waals surface area contributed by atoms with Gasteiger partial charge < -0.3 is 15.1 Å². The summed E-state index contributed by atoms with van der Waals surface area (Å²) in [7, 11) is 0. The lowest BCUT2D eigenvalue weighted by Crippen LogP contribution is -2.53. The van der Waals surface area contributed by atoms with E-state index in [0.29, 0.717) is 24.7 Å². The van der Waals surface area contributed by atoms with E-state index in [9.17, 15) is 24.2 Å². The molecule has 2 saturated carbocycles. The third-order valence-electron chi connectivity index (χ3n) is 7.64. The Bertz CT molecular complexity index is 1080. The van der Waals surface area contributed by atoms with Crippen molar-refractivity contribution in [3.63, 3.8) is 0 Å². The van der Waals surface area contributed by atoms with Crippen molar-refractivity contribution < 1.29 is 24.2 Å². The van der Waals surface area contributed by atoms with Crippen LogP contribution >= 0.6 is 11.8 Å². The fourth-order valence-electron chi connectivity index (χ4n) is 5.41. The van der Waals surface area contributed by atoms with Crippen molar-refractivity contribution in [3.8, 4) is 0 Å². The molecule has 1 saturated heterocycles. The second-order valence-corrected chi connectivity index (χ2v) is 11.3. The molecule has 4 atom stereocenters. The number of fused-ring (bicyclic) bond motifs is 2. The van der Waals surface area contributed by atoms with Crippen LogP contribution in [-0.2, 0) is 11.2 Å². The van der Waals surface area contributed by atoms with Crippen LogP contribution in [0.15, 0.2) is 34.3 Å². The van der Waals surface area contributed by atoms with E-state index in [1.165, 1.54) is 24.8 Å². The normalized spacial score (nSPS) is 32.4. The van der Waals surface area contributed by atoms with E-state index in [-0.39, 0.29) is 29.3 Å². The van der Waals surface area contributed by atoms with E-state index in [0.717, 1.165) is 36.2 Å². The zero-order valence-electron chi connectivity index (χ0n) is 19.3. The van der Waals surface area contributed by atoms with Crippen LogP contribution in [0.5, 0.6) is 0 Å². The molecule has 2 aliphatic carbocycles. The Hall–Kier alpha value is -2.23. The quantitative estimate of drug-likeness (QED) is 0.592. The number of aliphatic hydroxyl groups is 2. The number of amidine groups is 1. The third kappa shape index (κ3) is 3.87. The van der Waals surface area contributed by atoms with E-state index in [4.69, 9.17) is 0 Å². The van der Waals surface area contributed by atoms with Crippen LogP contribution in [0.3, 0.4) is 0 Å². The minimum Gasteiger partial charge on any atom is -0.389 e. The number of urea groups is 1. The van der Waals surface area contributed by atoms with Crippen molar-refractivity contribution in [2.75, 3.05) is 6.54 Å². The zero-order chi connectivity index (χ0) is 24.2. The molecule has 1 aromatic carbocycles. The molecule has 0 radical (unpaired) electrons. The molecule has 7 nitrogen and oxygen atoms in total. The largest absolute Gasteiger partial charge is 0.389 e. The molecule has 5 rings (SSSR count). The van der Waals surface area contributed by atoms with Gasteiger partial charge in [-0.3, -0.25) is 10.1 Å². The monoisotopic (exact) mass is 487 g/mol. The second kappa shape index (κ2) is 8.77. The van der Waals surface area contributed by atoms with Gasteiger partial charge in [-0.2, -0.15) is 0 Å². The van der Waals surface area contributed by atoms with Crippen molar-refractivity contribution in [1.82, 2.24) is 10.2 Å². The highest BCUT2D eigenvalue weighted by Gasteiger charge is 2.78. The summed E-state index contributed by atoms with van der Waals surface area (Å²) in [5, 5.41) is 22.6. The summed E-state index contributed by atoms with van der Waals surface area (Å²) in [4.78, 5) is 32.5. The fraction of sp³-hybridized carbons (Fsp3) is 0.560. The summed E-state index contributed by atoms with van der Waals surface area (Å²) in [6, 6.07) is 4.60. The molecule has 2 amide bonds. The number of aliphatic hydroxyl groups excluding tert-OH is 2. The topological polar surface area (TPSA) is 102 Å². The summed E-state index contributed by atoms with van der Waals surface area (Å²) >= 11 is 1.34. The molecule has 182 valence electrons. The number of nitrogens with zero attached hydrogens (tertiary/aromatic N) is 2. The Morgan fingerprint density at radius 3 is 2.68 bits per heavy atom. The minimum absolute atomic E-state index is 0.0742. The first-order chi connectivity index (χ1) is 16.2. The fourth-order valence-corrected chi connectivity index (χ4v) is 6.86. The van der Waals surface area contributed by atoms with Gasteiger partial charge in [-0.05, 0) is 56.6 Å². The summed E-state index contributed by atoms with van der Waals surface area (Å²) in [5.74, 6) is 0.0338. The molecule has 4 unspecified atom stereocenters. The maximum atomic E-state index is 14.4. The van der Waals surface area contributed by atoms with Crippen molar-refractivity contribution in [2.45, 2.75) is 68.9 Å². The molecule has 1 spiro atoms. The number of carbonyl (C=O) groups excluding carboxylic acids is 2. The lowest BCUT2D eigenvalue weighted by Gasteiger charge is -2.38. The van der Waals surface area contributed by atoms with Crippen molar-refractivity contribution >= 4 is 29.4 Å². The highest BCUT2D eigenvalue weighted by Crippen LogP contribution is 2.67. The van der Waals surface area contributed by atoms with Crippen LogP contribution in [0.25, 0.3) is 0 Å². The molecule has 34 heavy (non-hydrogen) atoms. The second-order valence-electron chi connectivity index (χ2n) is 9.96. The Labute approximate surface area is 202 Å². The summed E-state index contributed by atoms with van der Waals surface area (Å²) in [5.41, 5.74) is 1.01. The van der Waals surface area contributed by atoms with Gasteiger partial charge in [-0.1, -0.05) is 19.1 Å². The van der Waals surface area contributed by atoms with Crippen molar-refractivity contribution in [2.24, 2.45) is 16.8 Å². The summed E-state index contributed by atoms with van der Waals surface area (Å²) in [6.45, 7) is 4.16. The highest BCUT2D eigenvalue weighted by molar-refractivity contribution is 8.07. The number of amides is 2. The first kappa shape index (κ1) is 23.5. The van der Waals surface area contributed by atoms with Crippen molar-refractivity contribution in [1.29, 1.82) is 0 Å². The minimum atomic E-state index is -1.00. The van der Waals surface area contributed by atoms with Crippen LogP contribution < -0.4 is 5.32 Å². The number of aliphatic imine (C=N–C) groups is 1. The number of ketones is 1. The maximum absolute atomic E-state index is 14.4. The van der Waals surface area contributed by atoms with Crippen molar-refractivity contribution in [3.05, 3.63) is 46.2 Å². The van der Waals surface area contributed by atoms with Gasteiger partial charge in [0.05, 0.1) is 12.0 Å². The predicted molar refractivity (Wildman–Crippen MR) is 128 cm³/mol. The van der Waals surface area contributed by atoms with Crippen LogP contribution in [0.1, 0.15) is 56.8 Å². The van der Waals surface area contributed by atoms with Gasteiger partial charge >= 0.3 is 6.03 Å². The van der Waals surface area contributed by atoms with Gasteiger partial charge in [-0.15, -0.1) is 11.8 Å². The highest BCUT2D eigenvalue weighted by atomic mass is 32.2. The zero-order valence-corrected chi connectivity index (χ0v) is 20.1. The standard InChI is InChI=1S/C25H30FN3O4S/c1-13-3-6-16(7-4-13)29(10-9-15-5-8-17(14(2)30)18(26)11-15)24(33)28-23-20-19(12-27-23)34-25(20)21(31)22(25)32/h5,8,11-14,16,20-21,30-31H,3-4,6-7,9-10H2,1-2H3,(H,27,28,33). The number of thioether (sulfide) groups is 1. The Morgan fingerprint density at radius 1 is 1.35 bits per heavy atom. The average Bonchev–Trinajstić information content (AvgIpc) is 3.16. The number of halogens is 1. The van der Waals surface area contributed by atoms with Gasteiger partial charge in [-0.25, -0.2) is 14.2 Å². The Morgan fingerprint density at radius 2 is 2.06 bits per heavy atom. The van der Waals surface area contributed by atoms with E-state index in [2.05, 4.69) is 17.2 Å².